The molecule has 0 aliphatic heterocycles. The van der Waals surface area contributed by atoms with E-state index in [1.807, 2.05) is 6.07 Å². The third kappa shape index (κ3) is 1.61. The lowest BCUT2D eigenvalue weighted by atomic mass is 9.31. The standard InChI is InChI=1S/C16H21NO3/c1-10-6-11(19-2)4-5-12(10)15-7-16(8-15,9-15)13(17)14(18)20-3/h4-6,13H,7-9,17H2,1-3H3. The molecule has 2 bridgehead atoms. The Labute approximate surface area is 119 Å². The molecule has 3 aliphatic rings. The molecule has 2 N–H and O–H groups in total. The third-order valence-corrected chi connectivity index (χ3v) is 5.19. The minimum absolute atomic E-state index is 0.0283. The lowest BCUT2D eigenvalue weighted by molar-refractivity contribution is -0.181. The molecular formula is C16H21NO3. The molecule has 0 saturated heterocycles. The van der Waals surface area contributed by atoms with Gasteiger partial charge in [0.05, 0.1) is 14.2 Å². The molecule has 0 heterocycles. The highest BCUT2D eigenvalue weighted by atomic mass is 16.5. The van der Waals surface area contributed by atoms with E-state index >= 15 is 0 Å². The van der Waals surface area contributed by atoms with Crippen LogP contribution in [0.3, 0.4) is 0 Å². The van der Waals surface area contributed by atoms with E-state index in [1.165, 1.54) is 18.2 Å². The van der Waals surface area contributed by atoms with E-state index in [2.05, 4.69) is 19.1 Å². The van der Waals surface area contributed by atoms with Gasteiger partial charge in [0.15, 0.2) is 0 Å². The van der Waals surface area contributed by atoms with Crippen molar-refractivity contribution in [2.24, 2.45) is 11.1 Å². The van der Waals surface area contributed by atoms with Crippen LogP contribution in [0.15, 0.2) is 18.2 Å². The number of aryl methyl sites for hydroxylation is 1. The molecule has 3 saturated carbocycles. The lowest BCUT2D eigenvalue weighted by Gasteiger charge is -2.72. The topological polar surface area (TPSA) is 61.5 Å². The van der Waals surface area contributed by atoms with E-state index in [0.717, 1.165) is 25.0 Å². The minimum Gasteiger partial charge on any atom is -0.497 e. The SMILES string of the molecule is COC(=O)C(N)C12CC(c3ccc(OC)cc3C)(C1)C2. The summed E-state index contributed by atoms with van der Waals surface area (Å²) in [4.78, 5) is 11.6. The summed E-state index contributed by atoms with van der Waals surface area (Å²) in [6.45, 7) is 2.12. The van der Waals surface area contributed by atoms with Crippen LogP contribution in [-0.4, -0.2) is 26.2 Å². The van der Waals surface area contributed by atoms with Crippen LogP contribution in [-0.2, 0) is 14.9 Å². The average molecular weight is 275 g/mol. The van der Waals surface area contributed by atoms with Crippen molar-refractivity contribution >= 4 is 5.97 Å². The van der Waals surface area contributed by atoms with Crippen LogP contribution >= 0.6 is 0 Å². The zero-order valence-corrected chi connectivity index (χ0v) is 12.2. The minimum atomic E-state index is -0.479. The predicted molar refractivity (Wildman–Crippen MR) is 75.7 cm³/mol. The third-order valence-electron chi connectivity index (χ3n) is 5.19. The van der Waals surface area contributed by atoms with Crippen LogP contribution < -0.4 is 10.5 Å². The van der Waals surface area contributed by atoms with Gasteiger partial charge in [-0.2, -0.15) is 0 Å². The molecule has 3 fully saturated rings. The van der Waals surface area contributed by atoms with Crippen LogP contribution in [0, 0.1) is 12.3 Å². The van der Waals surface area contributed by atoms with Gasteiger partial charge in [0.25, 0.3) is 0 Å². The Hall–Kier alpha value is -1.55. The van der Waals surface area contributed by atoms with E-state index in [-0.39, 0.29) is 16.8 Å². The zero-order chi connectivity index (χ0) is 14.5. The number of nitrogens with two attached hydrogens (primary N) is 1. The van der Waals surface area contributed by atoms with E-state index in [9.17, 15) is 4.79 Å². The van der Waals surface area contributed by atoms with Crippen molar-refractivity contribution in [3.8, 4) is 5.75 Å². The monoisotopic (exact) mass is 275 g/mol. The van der Waals surface area contributed by atoms with Crippen molar-refractivity contribution in [3.05, 3.63) is 29.3 Å². The summed E-state index contributed by atoms with van der Waals surface area (Å²) in [5, 5.41) is 0. The molecule has 0 amide bonds. The summed E-state index contributed by atoms with van der Waals surface area (Å²) in [6.07, 6.45) is 2.97. The number of hydrogen-bond donors (Lipinski definition) is 1. The molecular weight excluding hydrogens is 254 g/mol. The molecule has 1 aromatic carbocycles. The van der Waals surface area contributed by atoms with Gasteiger partial charge in [-0.25, -0.2) is 0 Å². The van der Waals surface area contributed by atoms with Crippen LogP contribution in [0.5, 0.6) is 5.75 Å². The molecule has 108 valence electrons. The molecule has 4 nitrogen and oxygen atoms in total. The van der Waals surface area contributed by atoms with Gasteiger partial charge in [0.1, 0.15) is 11.8 Å². The van der Waals surface area contributed by atoms with Crippen LogP contribution in [0.4, 0.5) is 0 Å². The number of carbonyl (C=O) groups excluding carboxylic acids is 1. The number of esters is 1. The van der Waals surface area contributed by atoms with E-state index in [4.69, 9.17) is 15.2 Å². The van der Waals surface area contributed by atoms with Crippen molar-refractivity contribution in [1.29, 1.82) is 0 Å². The fourth-order valence-corrected chi connectivity index (χ4v) is 4.22. The normalized spacial score (nSPS) is 31.8. The Bertz CT molecular complexity index is 547. The second-order valence-electron chi connectivity index (χ2n) is 6.35. The van der Waals surface area contributed by atoms with E-state index in [1.54, 1.807) is 7.11 Å². The molecule has 1 aromatic rings. The maximum atomic E-state index is 11.6. The Kier molecular flexibility index (Phi) is 2.83. The summed E-state index contributed by atoms with van der Waals surface area (Å²) in [5.74, 6) is 0.601. The molecule has 0 spiro atoms. The average Bonchev–Trinajstić information content (AvgIpc) is 2.36. The maximum absolute atomic E-state index is 11.6. The fraction of sp³-hybridized carbons (Fsp3) is 0.562. The van der Waals surface area contributed by atoms with Gasteiger partial charge in [-0.05, 0) is 60.3 Å². The van der Waals surface area contributed by atoms with Gasteiger partial charge >= 0.3 is 5.97 Å². The summed E-state index contributed by atoms with van der Waals surface area (Å²) in [6, 6.07) is 5.76. The highest BCUT2D eigenvalue weighted by Crippen LogP contribution is 2.75. The van der Waals surface area contributed by atoms with Gasteiger partial charge in [0, 0.05) is 0 Å². The van der Waals surface area contributed by atoms with Crippen LogP contribution in [0.1, 0.15) is 30.4 Å². The number of carbonyl (C=O) groups is 1. The van der Waals surface area contributed by atoms with Crippen LogP contribution in [0.25, 0.3) is 0 Å². The van der Waals surface area contributed by atoms with Crippen molar-refractivity contribution in [3.63, 3.8) is 0 Å². The smallest absolute Gasteiger partial charge is 0.323 e. The largest absolute Gasteiger partial charge is 0.497 e. The first-order valence-corrected chi connectivity index (χ1v) is 6.95. The number of rotatable bonds is 4. The Morgan fingerprint density at radius 1 is 1.30 bits per heavy atom. The number of ether oxygens (including phenoxy) is 2. The van der Waals surface area contributed by atoms with Gasteiger partial charge in [-0.3, -0.25) is 4.79 Å². The second-order valence-corrected chi connectivity index (χ2v) is 6.35. The Morgan fingerprint density at radius 2 is 1.95 bits per heavy atom. The highest BCUT2D eigenvalue weighted by Gasteiger charge is 2.71. The highest BCUT2D eigenvalue weighted by molar-refractivity contribution is 5.78. The quantitative estimate of drug-likeness (QED) is 0.853. The van der Waals surface area contributed by atoms with Crippen LogP contribution in [0.2, 0.25) is 0 Å². The predicted octanol–water partition coefficient (Wildman–Crippen LogP) is 1.93. The summed E-state index contributed by atoms with van der Waals surface area (Å²) in [7, 11) is 3.08. The van der Waals surface area contributed by atoms with Crippen molar-refractivity contribution in [2.75, 3.05) is 14.2 Å². The van der Waals surface area contributed by atoms with Crippen molar-refractivity contribution in [2.45, 2.75) is 37.6 Å². The molecule has 1 atom stereocenters. The molecule has 20 heavy (non-hydrogen) atoms. The van der Waals surface area contributed by atoms with Gasteiger partial charge in [-0.15, -0.1) is 0 Å². The Balaban J connectivity index is 1.77. The zero-order valence-electron chi connectivity index (χ0n) is 12.2. The number of hydrogen-bond acceptors (Lipinski definition) is 4. The molecule has 0 radical (unpaired) electrons. The first-order chi connectivity index (χ1) is 9.46. The molecule has 4 heteroatoms. The maximum Gasteiger partial charge on any atom is 0.323 e. The molecule has 3 aliphatic carbocycles. The first-order valence-electron chi connectivity index (χ1n) is 6.95. The lowest BCUT2D eigenvalue weighted by Crippen LogP contribution is -2.72. The molecule has 1 unspecified atom stereocenters. The van der Waals surface area contributed by atoms with Gasteiger partial charge in [0.2, 0.25) is 0 Å². The second kappa shape index (κ2) is 4.22. The molecule has 4 rings (SSSR count). The van der Waals surface area contributed by atoms with Crippen molar-refractivity contribution in [1.82, 2.24) is 0 Å². The van der Waals surface area contributed by atoms with Gasteiger partial charge in [-0.1, -0.05) is 6.07 Å². The Morgan fingerprint density at radius 3 is 2.45 bits per heavy atom. The summed E-state index contributed by atoms with van der Waals surface area (Å²) >= 11 is 0. The van der Waals surface area contributed by atoms with Crippen molar-refractivity contribution < 1.29 is 14.3 Å². The van der Waals surface area contributed by atoms with Gasteiger partial charge < -0.3 is 15.2 Å². The van der Waals surface area contributed by atoms with E-state index in [0.29, 0.717) is 0 Å². The first kappa shape index (κ1) is 13.4. The summed E-state index contributed by atoms with van der Waals surface area (Å²) in [5.41, 5.74) is 8.85. The molecule has 0 aromatic heterocycles. The fourth-order valence-electron chi connectivity index (χ4n) is 4.22. The van der Waals surface area contributed by atoms with E-state index < -0.39 is 6.04 Å². The number of benzene rings is 1. The number of methoxy groups -OCH3 is 2. The summed E-state index contributed by atoms with van der Waals surface area (Å²) < 4.78 is 10.0.